The molecule has 1 aromatic carbocycles. The SMILES string of the molecule is O=[N+]([O-])c1ccc2nc(N3CCCC4(C3)OCCO4)ccc2c1. The molecule has 0 N–H and O–H groups in total. The van der Waals surface area contributed by atoms with E-state index in [1.54, 1.807) is 12.1 Å². The molecule has 7 heteroatoms. The van der Waals surface area contributed by atoms with E-state index in [1.807, 2.05) is 12.1 Å². The van der Waals surface area contributed by atoms with Gasteiger partial charge in [0.25, 0.3) is 5.69 Å². The third-order valence-electron chi connectivity index (χ3n) is 4.42. The Hall–Kier alpha value is -2.25. The van der Waals surface area contributed by atoms with Crippen LogP contribution in [-0.2, 0) is 9.47 Å². The molecule has 4 rings (SSSR count). The van der Waals surface area contributed by atoms with Crippen molar-refractivity contribution in [1.29, 1.82) is 0 Å². The second kappa shape index (κ2) is 5.43. The maximum absolute atomic E-state index is 10.9. The lowest BCUT2D eigenvalue weighted by molar-refractivity contribution is -0.384. The van der Waals surface area contributed by atoms with Crippen LogP contribution in [0.5, 0.6) is 0 Å². The van der Waals surface area contributed by atoms with Crippen molar-refractivity contribution in [3.05, 3.63) is 40.4 Å². The van der Waals surface area contributed by atoms with Crippen LogP contribution in [0.25, 0.3) is 10.9 Å². The lowest BCUT2D eigenvalue weighted by Gasteiger charge is -2.39. The van der Waals surface area contributed by atoms with Crippen molar-refractivity contribution < 1.29 is 14.4 Å². The van der Waals surface area contributed by atoms with Gasteiger partial charge in [-0.05, 0) is 24.6 Å². The van der Waals surface area contributed by atoms with Crippen molar-refractivity contribution in [2.24, 2.45) is 0 Å². The number of fused-ring (bicyclic) bond motifs is 1. The first kappa shape index (κ1) is 14.3. The molecule has 1 spiro atoms. The number of piperidine rings is 1. The van der Waals surface area contributed by atoms with Gasteiger partial charge in [0.15, 0.2) is 5.79 Å². The number of non-ortho nitro benzene ring substituents is 1. The average Bonchev–Trinajstić information content (AvgIpc) is 3.01. The summed E-state index contributed by atoms with van der Waals surface area (Å²) in [6.45, 7) is 2.85. The summed E-state index contributed by atoms with van der Waals surface area (Å²) in [5.74, 6) is 0.356. The molecule has 3 heterocycles. The van der Waals surface area contributed by atoms with Gasteiger partial charge in [-0.15, -0.1) is 0 Å². The van der Waals surface area contributed by atoms with Gasteiger partial charge in [0.1, 0.15) is 5.82 Å². The van der Waals surface area contributed by atoms with Gasteiger partial charge in [0.05, 0.1) is 30.2 Å². The van der Waals surface area contributed by atoms with E-state index in [1.165, 1.54) is 6.07 Å². The number of ether oxygens (including phenoxy) is 2. The molecule has 2 fully saturated rings. The second-order valence-electron chi connectivity index (χ2n) is 5.94. The molecule has 23 heavy (non-hydrogen) atoms. The van der Waals surface area contributed by atoms with E-state index in [0.717, 1.165) is 36.1 Å². The van der Waals surface area contributed by atoms with Crippen molar-refractivity contribution >= 4 is 22.4 Å². The molecule has 0 saturated carbocycles. The van der Waals surface area contributed by atoms with E-state index in [9.17, 15) is 10.1 Å². The summed E-state index contributed by atoms with van der Waals surface area (Å²) in [6, 6.07) is 8.51. The van der Waals surface area contributed by atoms with Crippen LogP contribution >= 0.6 is 0 Å². The van der Waals surface area contributed by atoms with Gasteiger partial charge in [-0.2, -0.15) is 0 Å². The number of aromatic nitrogens is 1. The fourth-order valence-corrected chi connectivity index (χ4v) is 3.31. The minimum Gasteiger partial charge on any atom is -0.351 e. The van der Waals surface area contributed by atoms with Gasteiger partial charge < -0.3 is 14.4 Å². The minimum absolute atomic E-state index is 0.0803. The van der Waals surface area contributed by atoms with Crippen molar-refractivity contribution in [3.8, 4) is 0 Å². The minimum atomic E-state index is -0.496. The van der Waals surface area contributed by atoms with E-state index in [0.29, 0.717) is 19.8 Å². The molecule has 2 aromatic rings. The Balaban J connectivity index is 1.63. The van der Waals surface area contributed by atoms with Gasteiger partial charge in [-0.1, -0.05) is 0 Å². The van der Waals surface area contributed by atoms with E-state index < -0.39 is 10.7 Å². The summed E-state index contributed by atoms with van der Waals surface area (Å²) in [6.07, 6.45) is 1.89. The van der Waals surface area contributed by atoms with Gasteiger partial charge in [-0.3, -0.25) is 10.1 Å². The van der Waals surface area contributed by atoms with Crippen LogP contribution in [0.1, 0.15) is 12.8 Å². The highest BCUT2D eigenvalue weighted by Gasteiger charge is 2.41. The summed E-state index contributed by atoms with van der Waals surface area (Å²) in [7, 11) is 0. The van der Waals surface area contributed by atoms with E-state index >= 15 is 0 Å². The van der Waals surface area contributed by atoms with Crippen LogP contribution < -0.4 is 4.90 Å². The molecule has 0 radical (unpaired) electrons. The Bertz CT molecular complexity index is 758. The summed E-state index contributed by atoms with van der Waals surface area (Å²) < 4.78 is 11.6. The molecular formula is C16H17N3O4. The number of benzene rings is 1. The van der Waals surface area contributed by atoms with Crippen LogP contribution in [0.2, 0.25) is 0 Å². The van der Waals surface area contributed by atoms with Gasteiger partial charge in [-0.25, -0.2) is 4.98 Å². The summed E-state index contributed by atoms with van der Waals surface area (Å²) in [4.78, 5) is 17.3. The quantitative estimate of drug-likeness (QED) is 0.626. The van der Waals surface area contributed by atoms with Crippen LogP contribution in [0.4, 0.5) is 11.5 Å². The first-order valence-corrected chi connectivity index (χ1v) is 7.73. The number of nitro groups is 1. The molecule has 0 atom stereocenters. The summed E-state index contributed by atoms with van der Waals surface area (Å²) in [5.41, 5.74) is 0.831. The topological polar surface area (TPSA) is 77.7 Å². The van der Waals surface area contributed by atoms with Crippen LogP contribution in [-0.4, -0.2) is 42.0 Å². The molecule has 2 saturated heterocycles. The molecule has 0 amide bonds. The Morgan fingerprint density at radius 1 is 1.22 bits per heavy atom. The zero-order chi connectivity index (χ0) is 15.9. The van der Waals surface area contributed by atoms with Gasteiger partial charge >= 0.3 is 0 Å². The zero-order valence-electron chi connectivity index (χ0n) is 12.6. The van der Waals surface area contributed by atoms with Crippen molar-refractivity contribution in [3.63, 3.8) is 0 Å². The lowest BCUT2D eigenvalue weighted by atomic mass is 10.0. The monoisotopic (exact) mass is 315 g/mol. The predicted molar refractivity (Wildman–Crippen MR) is 84.5 cm³/mol. The number of nitrogens with zero attached hydrogens (tertiary/aromatic N) is 3. The van der Waals surface area contributed by atoms with Crippen molar-refractivity contribution in [2.45, 2.75) is 18.6 Å². The maximum atomic E-state index is 10.9. The number of hydrogen-bond acceptors (Lipinski definition) is 6. The average molecular weight is 315 g/mol. The van der Waals surface area contributed by atoms with E-state index in [4.69, 9.17) is 9.47 Å². The fraction of sp³-hybridized carbons (Fsp3) is 0.438. The molecule has 7 nitrogen and oxygen atoms in total. The largest absolute Gasteiger partial charge is 0.351 e. The maximum Gasteiger partial charge on any atom is 0.270 e. The Morgan fingerprint density at radius 2 is 2.04 bits per heavy atom. The standard InChI is InChI=1S/C16H17N3O4/c20-19(21)13-3-4-14-12(10-13)2-5-15(17-14)18-7-1-6-16(11-18)22-8-9-23-16/h2-5,10H,1,6-9,11H2. The molecule has 1 aromatic heterocycles. The smallest absolute Gasteiger partial charge is 0.270 e. The third kappa shape index (κ3) is 2.62. The fourth-order valence-electron chi connectivity index (χ4n) is 3.31. The first-order valence-electron chi connectivity index (χ1n) is 7.73. The number of nitro benzene ring substituents is 1. The predicted octanol–water partition coefficient (Wildman–Crippen LogP) is 2.49. The van der Waals surface area contributed by atoms with Gasteiger partial charge in [0, 0.05) is 30.5 Å². The highest BCUT2D eigenvalue weighted by molar-refractivity contribution is 5.82. The first-order chi connectivity index (χ1) is 11.2. The summed E-state index contributed by atoms with van der Waals surface area (Å²) >= 11 is 0. The number of rotatable bonds is 2. The third-order valence-corrected chi connectivity index (χ3v) is 4.42. The highest BCUT2D eigenvalue weighted by atomic mass is 16.7. The van der Waals surface area contributed by atoms with E-state index in [2.05, 4.69) is 9.88 Å². The lowest BCUT2D eigenvalue weighted by Crippen LogP contribution is -2.49. The number of anilines is 1. The van der Waals surface area contributed by atoms with E-state index in [-0.39, 0.29) is 5.69 Å². The van der Waals surface area contributed by atoms with Gasteiger partial charge in [0.2, 0.25) is 0 Å². The molecular weight excluding hydrogens is 298 g/mol. The van der Waals surface area contributed by atoms with Crippen LogP contribution in [0.15, 0.2) is 30.3 Å². The molecule has 2 aliphatic heterocycles. The molecule has 120 valence electrons. The Kier molecular flexibility index (Phi) is 3.39. The Morgan fingerprint density at radius 3 is 2.83 bits per heavy atom. The van der Waals surface area contributed by atoms with Crippen LogP contribution in [0, 0.1) is 10.1 Å². The molecule has 0 unspecified atom stereocenters. The molecule has 0 bridgehead atoms. The number of pyridine rings is 1. The second-order valence-corrected chi connectivity index (χ2v) is 5.94. The highest BCUT2D eigenvalue weighted by Crippen LogP contribution is 2.32. The number of hydrogen-bond donors (Lipinski definition) is 0. The summed E-state index contributed by atoms with van der Waals surface area (Å²) in [5, 5.41) is 11.6. The van der Waals surface area contributed by atoms with Crippen LogP contribution in [0.3, 0.4) is 0 Å². The normalized spacial score (nSPS) is 20.3. The zero-order valence-corrected chi connectivity index (χ0v) is 12.6. The van der Waals surface area contributed by atoms with Crippen molar-refractivity contribution in [2.75, 3.05) is 31.2 Å². The van der Waals surface area contributed by atoms with Crippen molar-refractivity contribution in [1.82, 2.24) is 4.98 Å². The Labute approximate surface area is 133 Å². The molecule has 0 aliphatic carbocycles. The molecule has 2 aliphatic rings.